The van der Waals surface area contributed by atoms with Gasteiger partial charge < -0.3 is 0 Å². The lowest BCUT2D eigenvalue weighted by molar-refractivity contribution is -0.591. The molecule has 1 aliphatic heterocycles. The van der Waals surface area contributed by atoms with E-state index in [1.165, 1.54) is 17.3 Å². The van der Waals surface area contributed by atoms with Gasteiger partial charge >= 0.3 is 21.2 Å². The maximum absolute atomic E-state index is 2.38. The van der Waals surface area contributed by atoms with E-state index in [1.807, 2.05) is 0 Å². The lowest BCUT2D eigenvalue weighted by Crippen LogP contribution is -3.60. The molecule has 0 nitrogen and oxygen atoms in total. The number of hydrogen-bond donors (Lipinski definition) is 0. The summed E-state index contributed by atoms with van der Waals surface area (Å²) in [5, 5.41) is 0. The van der Waals surface area contributed by atoms with E-state index in [0.29, 0.717) is 21.2 Å². The normalized spacial score (nSPS) is 21.3. The van der Waals surface area contributed by atoms with Crippen molar-refractivity contribution in [1.82, 2.24) is 0 Å². The average Bonchev–Trinajstić information content (AvgIpc) is 1.72. The molecule has 0 aromatic carbocycles. The van der Waals surface area contributed by atoms with Gasteiger partial charge in [-0.2, -0.15) is 0 Å². The van der Waals surface area contributed by atoms with Crippen LogP contribution in [0, 0.1) is 0 Å². The SMILES string of the molecule is C1=C[I+]CCC1. The molecule has 0 saturated carbocycles. The predicted molar refractivity (Wildman–Crippen MR) is 23.2 cm³/mol. The molecular formula is C5H8I+. The summed E-state index contributed by atoms with van der Waals surface area (Å²) in [7, 11) is 0. The minimum absolute atomic E-state index is 0.534. The smallest absolute Gasteiger partial charge is 0.0385 e. The summed E-state index contributed by atoms with van der Waals surface area (Å²) in [4.78, 5) is 0. The van der Waals surface area contributed by atoms with Gasteiger partial charge in [0.1, 0.15) is 8.51 Å². The van der Waals surface area contributed by atoms with Crippen molar-refractivity contribution in [1.29, 1.82) is 0 Å². The van der Waals surface area contributed by atoms with Crippen LogP contribution < -0.4 is 21.2 Å². The van der Waals surface area contributed by atoms with Gasteiger partial charge in [0.25, 0.3) is 0 Å². The summed E-state index contributed by atoms with van der Waals surface area (Å²) in [6.45, 7) is 0. The van der Waals surface area contributed by atoms with Gasteiger partial charge in [0.05, 0.1) is 0 Å². The highest BCUT2D eigenvalue weighted by atomic mass is 127. The highest BCUT2D eigenvalue weighted by molar-refractivity contribution is 4.72. The molecule has 1 rings (SSSR count). The molecule has 0 spiro atoms. The van der Waals surface area contributed by atoms with Gasteiger partial charge in [-0.05, 0) is 18.9 Å². The Morgan fingerprint density at radius 2 is 2.50 bits per heavy atom. The topological polar surface area (TPSA) is 0 Å². The molecule has 0 aliphatic carbocycles. The van der Waals surface area contributed by atoms with Gasteiger partial charge in [-0.15, -0.1) is 0 Å². The molecule has 0 atom stereocenters. The molecule has 1 heteroatoms. The second kappa shape index (κ2) is 2.61. The zero-order valence-corrected chi connectivity index (χ0v) is 5.81. The largest absolute Gasteiger partial charge is 0.304 e. The third-order valence-electron chi connectivity index (χ3n) is 0.792. The first-order chi connectivity index (χ1) is 3.00. The van der Waals surface area contributed by atoms with Crippen LogP contribution in [0.15, 0.2) is 10.2 Å². The Morgan fingerprint density at radius 1 is 1.50 bits per heavy atom. The Balaban J connectivity index is 2.26. The highest BCUT2D eigenvalue weighted by Crippen LogP contribution is 1.84. The second-order valence-electron chi connectivity index (χ2n) is 1.35. The Labute approximate surface area is 48.9 Å². The monoisotopic (exact) mass is 195 g/mol. The maximum atomic E-state index is 2.38. The van der Waals surface area contributed by atoms with Gasteiger partial charge in [0.2, 0.25) is 0 Å². The van der Waals surface area contributed by atoms with E-state index in [2.05, 4.69) is 10.2 Å². The van der Waals surface area contributed by atoms with Crippen LogP contribution in [0.4, 0.5) is 0 Å². The summed E-state index contributed by atoms with van der Waals surface area (Å²) in [6.07, 6.45) is 5.13. The molecule has 6 heavy (non-hydrogen) atoms. The van der Waals surface area contributed by atoms with Gasteiger partial charge in [0.15, 0.2) is 0 Å². The van der Waals surface area contributed by atoms with Gasteiger partial charge in [-0.1, -0.05) is 0 Å². The first kappa shape index (κ1) is 4.62. The zero-order chi connectivity index (χ0) is 4.24. The summed E-state index contributed by atoms with van der Waals surface area (Å²) < 4.78 is 3.90. The van der Waals surface area contributed by atoms with Crippen LogP contribution >= 0.6 is 0 Å². The number of allylic oxidation sites excluding steroid dienone is 1. The number of halogens is 1. The Morgan fingerprint density at radius 3 is 2.67 bits per heavy atom. The molecule has 1 heterocycles. The Hall–Kier alpha value is 0.470. The van der Waals surface area contributed by atoms with E-state index in [4.69, 9.17) is 0 Å². The van der Waals surface area contributed by atoms with E-state index in [-0.39, 0.29) is 0 Å². The maximum Gasteiger partial charge on any atom is 0.304 e. The fourth-order valence-electron chi connectivity index (χ4n) is 0.461. The molecule has 0 N–H and O–H groups in total. The Kier molecular flexibility index (Phi) is 2.01. The van der Waals surface area contributed by atoms with E-state index in [9.17, 15) is 0 Å². The fourth-order valence-corrected chi connectivity index (χ4v) is 2.42. The molecule has 0 bridgehead atoms. The van der Waals surface area contributed by atoms with Crippen LogP contribution in [-0.4, -0.2) is 4.43 Å². The van der Waals surface area contributed by atoms with E-state index in [1.54, 1.807) is 0 Å². The van der Waals surface area contributed by atoms with Crippen LogP contribution in [0.3, 0.4) is 0 Å². The van der Waals surface area contributed by atoms with Crippen molar-refractivity contribution in [2.75, 3.05) is 4.43 Å². The van der Waals surface area contributed by atoms with E-state index >= 15 is 0 Å². The fraction of sp³-hybridized carbons (Fsp3) is 0.600. The molecule has 0 radical (unpaired) electrons. The van der Waals surface area contributed by atoms with Crippen molar-refractivity contribution >= 4 is 0 Å². The second-order valence-corrected chi connectivity index (χ2v) is 4.03. The van der Waals surface area contributed by atoms with Crippen molar-refractivity contribution < 1.29 is 21.2 Å². The van der Waals surface area contributed by atoms with E-state index in [0.717, 1.165) is 0 Å². The molecule has 34 valence electrons. The zero-order valence-electron chi connectivity index (χ0n) is 3.65. The van der Waals surface area contributed by atoms with Crippen molar-refractivity contribution in [3.63, 3.8) is 0 Å². The predicted octanol–water partition coefficient (Wildman–Crippen LogP) is -1.62. The minimum atomic E-state index is 0.534. The molecule has 0 fully saturated rings. The molecule has 0 aromatic rings. The minimum Gasteiger partial charge on any atom is -0.0385 e. The quantitative estimate of drug-likeness (QED) is 0.322. The van der Waals surface area contributed by atoms with Crippen LogP contribution in [-0.2, 0) is 0 Å². The van der Waals surface area contributed by atoms with Crippen LogP contribution in [0.2, 0.25) is 0 Å². The molecule has 0 aromatic heterocycles. The average molecular weight is 195 g/mol. The lowest BCUT2D eigenvalue weighted by atomic mass is 10.3. The summed E-state index contributed by atoms with van der Waals surface area (Å²) in [5.74, 6) is 0. The van der Waals surface area contributed by atoms with Gasteiger partial charge in [0, 0.05) is 0 Å². The van der Waals surface area contributed by atoms with Crippen LogP contribution in [0.5, 0.6) is 0 Å². The number of alkyl halides is 1. The standard InChI is InChI=1S/C5H8I/c1-2-4-6-5-3-1/h2,4H,1,3,5H2/q+1. The molecule has 1 aliphatic rings. The first-order valence-electron chi connectivity index (χ1n) is 2.23. The first-order valence-corrected chi connectivity index (χ1v) is 5.00. The molecule has 0 saturated heterocycles. The summed E-state index contributed by atoms with van der Waals surface area (Å²) in [6, 6.07) is 0. The van der Waals surface area contributed by atoms with Crippen molar-refractivity contribution in [2.24, 2.45) is 0 Å². The van der Waals surface area contributed by atoms with Crippen molar-refractivity contribution in [2.45, 2.75) is 12.8 Å². The lowest BCUT2D eigenvalue weighted by Gasteiger charge is -1.84. The van der Waals surface area contributed by atoms with Crippen molar-refractivity contribution in [3.8, 4) is 0 Å². The third-order valence-corrected chi connectivity index (χ3v) is 3.19. The molecule has 0 unspecified atom stereocenters. The Bertz CT molecular complexity index is 49.0. The molecule has 0 amide bonds. The third kappa shape index (κ3) is 1.29. The number of hydrogen-bond acceptors (Lipinski definition) is 0. The summed E-state index contributed by atoms with van der Waals surface area (Å²) in [5.41, 5.74) is 0. The van der Waals surface area contributed by atoms with Gasteiger partial charge in [-0.25, -0.2) is 0 Å². The van der Waals surface area contributed by atoms with Crippen molar-refractivity contribution in [3.05, 3.63) is 10.2 Å². The highest BCUT2D eigenvalue weighted by Gasteiger charge is 2.03. The van der Waals surface area contributed by atoms with E-state index < -0.39 is 0 Å². The number of rotatable bonds is 0. The van der Waals surface area contributed by atoms with Gasteiger partial charge in [-0.3, -0.25) is 0 Å². The van der Waals surface area contributed by atoms with Crippen LogP contribution in [0.25, 0.3) is 0 Å². The molecular weight excluding hydrogens is 187 g/mol. The van der Waals surface area contributed by atoms with Crippen LogP contribution in [0.1, 0.15) is 12.8 Å². The summed E-state index contributed by atoms with van der Waals surface area (Å²) >= 11 is 0.534.